The predicted molar refractivity (Wildman–Crippen MR) is 67.5 cm³/mol. The van der Waals surface area contributed by atoms with Crippen molar-refractivity contribution in [1.29, 1.82) is 0 Å². The summed E-state index contributed by atoms with van der Waals surface area (Å²) in [6.07, 6.45) is 9.92. The molecule has 0 bridgehead atoms. The summed E-state index contributed by atoms with van der Waals surface area (Å²) in [5.74, 6) is 0. The lowest BCUT2D eigenvalue weighted by Gasteiger charge is -2.27. The summed E-state index contributed by atoms with van der Waals surface area (Å²) in [4.78, 5) is 0. The standard InChI is InChI=1S/C14H26O2/c1-14(2,16-3)11-13(15)12-9-7-5-4-6-8-10-12/h9,13,15H,4-8,10-11H2,1-3H3. The first-order valence-electron chi connectivity index (χ1n) is 6.47. The Morgan fingerprint density at radius 1 is 1.31 bits per heavy atom. The van der Waals surface area contributed by atoms with Gasteiger partial charge in [0.2, 0.25) is 0 Å². The highest BCUT2D eigenvalue weighted by molar-refractivity contribution is 5.09. The molecule has 0 fully saturated rings. The second kappa shape index (κ2) is 6.41. The molecule has 0 saturated heterocycles. The van der Waals surface area contributed by atoms with Crippen LogP contribution in [0.15, 0.2) is 11.6 Å². The van der Waals surface area contributed by atoms with E-state index < -0.39 is 0 Å². The Kier molecular flexibility index (Phi) is 5.50. The fourth-order valence-corrected chi connectivity index (χ4v) is 2.20. The first-order valence-corrected chi connectivity index (χ1v) is 6.47. The Morgan fingerprint density at radius 2 is 2.00 bits per heavy atom. The molecule has 0 spiro atoms. The lowest BCUT2D eigenvalue weighted by atomic mass is 9.90. The summed E-state index contributed by atoms with van der Waals surface area (Å²) in [7, 11) is 1.71. The van der Waals surface area contributed by atoms with E-state index in [0.717, 1.165) is 12.8 Å². The van der Waals surface area contributed by atoms with E-state index in [-0.39, 0.29) is 11.7 Å². The van der Waals surface area contributed by atoms with Crippen molar-refractivity contribution in [3.05, 3.63) is 11.6 Å². The maximum Gasteiger partial charge on any atom is 0.0777 e. The van der Waals surface area contributed by atoms with Gasteiger partial charge in [0.05, 0.1) is 11.7 Å². The van der Waals surface area contributed by atoms with Crippen molar-refractivity contribution in [3.63, 3.8) is 0 Å². The van der Waals surface area contributed by atoms with E-state index in [1.807, 2.05) is 13.8 Å². The van der Waals surface area contributed by atoms with Crippen LogP contribution < -0.4 is 0 Å². The highest BCUT2D eigenvalue weighted by Crippen LogP contribution is 2.25. The molecule has 2 nitrogen and oxygen atoms in total. The zero-order chi connectivity index (χ0) is 12.0. The molecule has 0 aromatic heterocycles. The van der Waals surface area contributed by atoms with Gasteiger partial charge in [-0.25, -0.2) is 0 Å². The molecule has 1 unspecified atom stereocenters. The molecule has 0 aromatic rings. The predicted octanol–water partition coefficient (Wildman–Crippen LogP) is 3.44. The molecule has 1 aliphatic rings. The van der Waals surface area contributed by atoms with Crippen molar-refractivity contribution >= 4 is 0 Å². The van der Waals surface area contributed by atoms with Gasteiger partial charge in [0.25, 0.3) is 0 Å². The van der Waals surface area contributed by atoms with Crippen LogP contribution in [0.1, 0.15) is 58.8 Å². The van der Waals surface area contributed by atoms with E-state index in [9.17, 15) is 5.11 Å². The Hall–Kier alpha value is -0.340. The molecule has 0 aliphatic heterocycles. The van der Waals surface area contributed by atoms with Crippen LogP contribution in [-0.2, 0) is 4.74 Å². The van der Waals surface area contributed by atoms with Gasteiger partial charge in [-0.2, -0.15) is 0 Å². The number of hydrogen-bond acceptors (Lipinski definition) is 2. The second-order valence-corrected chi connectivity index (χ2v) is 5.42. The zero-order valence-electron chi connectivity index (χ0n) is 11.0. The highest BCUT2D eigenvalue weighted by atomic mass is 16.5. The van der Waals surface area contributed by atoms with E-state index in [2.05, 4.69) is 6.08 Å². The van der Waals surface area contributed by atoms with Crippen molar-refractivity contribution in [1.82, 2.24) is 0 Å². The summed E-state index contributed by atoms with van der Waals surface area (Å²) in [5.41, 5.74) is 0.993. The number of rotatable bonds is 4. The molecule has 94 valence electrons. The van der Waals surface area contributed by atoms with E-state index in [1.165, 1.54) is 31.3 Å². The SMILES string of the molecule is COC(C)(C)CC(O)C1=CCCCCCC1. The maximum atomic E-state index is 10.2. The first-order chi connectivity index (χ1) is 7.55. The first kappa shape index (κ1) is 13.7. The number of aliphatic hydroxyl groups excluding tert-OH is 1. The molecule has 0 saturated carbocycles. The third kappa shape index (κ3) is 4.67. The minimum atomic E-state index is -0.326. The van der Waals surface area contributed by atoms with Crippen LogP contribution in [0, 0.1) is 0 Å². The second-order valence-electron chi connectivity index (χ2n) is 5.42. The van der Waals surface area contributed by atoms with Gasteiger partial charge >= 0.3 is 0 Å². The molecule has 1 N–H and O–H groups in total. The molecular formula is C14H26O2. The van der Waals surface area contributed by atoms with Gasteiger partial charge < -0.3 is 9.84 Å². The van der Waals surface area contributed by atoms with Crippen molar-refractivity contribution in [2.24, 2.45) is 0 Å². The Labute approximate surface area is 99.7 Å². The van der Waals surface area contributed by atoms with Gasteiger partial charge in [-0.3, -0.25) is 0 Å². The van der Waals surface area contributed by atoms with Gasteiger partial charge in [-0.1, -0.05) is 18.9 Å². The van der Waals surface area contributed by atoms with Crippen LogP contribution >= 0.6 is 0 Å². The molecule has 0 radical (unpaired) electrons. The average Bonchev–Trinajstić information content (AvgIpc) is 2.16. The number of hydrogen-bond donors (Lipinski definition) is 1. The molecular weight excluding hydrogens is 200 g/mol. The van der Waals surface area contributed by atoms with Gasteiger partial charge in [-0.15, -0.1) is 0 Å². The molecule has 16 heavy (non-hydrogen) atoms. The zero-order valence-corrected chi connectivity index (χ0v) is 11.0. The molecule has 2 heteroatoms. The summed E-state index contributed by atoms with van der Waals surface area (Å²) >= 11 is 0. The highest BCUT2D eigenvalue weighted by Gasteiger charge is 2.23. The Bertz CT molecular complexity index is 231. The van der Waals surface area contributed by atoms with Gasteiger partial charge in [0, 0.05) is 13.5 Å². The number of ether oxygens (including phenoxy) is 1. The molecule has 1 rings (SSSR count). The minimum Gasteiger partial charge on any atom is -0.389 e. The number of methoxy groups -OCH3 is 1. The van der Waals surface area contributed by atoms with Gasteiger partial charge in [-0.05, 0) is 45.1 Å². The van der Waals surface area contributed by atoms with Crippen LogP contribution in [0.3, 0.4) is 0 Å². The van der Waals surface area contributed by atoms with Crippen molar-refractivity contribution in [2.45, 2.75) is 70.5 Å². The lowest BCUT2D eigenvalue weighted by Crippen LogP contribution is -2.29. The van der Waals surface area contributed by atoms with Crippen LogP contribution in [-0.4, -0.2) is 23.9 Å². The quantitative estimate of drug-likeness (QED) is 0.744. The minimum absolute atomic E-state index is 0.234. The fraction of sp³-hybridized carbons (Fsp3) is 0.857. The van der Waals surface area contributed by atoms with E-state index in [0.29, 0.717) is 6.42 Å². The van der Waals surface area contributed by atoms with Crippen molar-refractivity contribution in [3.8, 4) is 0 Å². The van der Waals surface area contributed by atoms with Crippen LogP contribution in [0.2, 0.25) is 0 Å². The maximum absolute atomic E-state index is 10.2. The molecule has 1 atom stereocenters. The van der Waals surface area contributed by atoms with Crippen molar-refractivity contribution < 1.29 is 9.84 Å². The summed E-state index contributed by atoms with van der Waals surface area (Å²) in [6, 6.07) is 0. The fourth-order valence-electron chi connectivity index (χ4n) is 2.20. The monoisotopic (exact) mass is 226 g/mol. The lowest BCUT2D eigenvalue weighted by molar-refractivity contribution is -0.0124. The Morgan fingerprint density at radius 3 is 2.69 bits per heavy atom. The molecule has 0 amide bonds. The van der Waals surface area contributed by atoms with E-state index in [1.54, 1.807) is 7.11 Å². The third-order valence-electron chi connectivity index (χ3n) is 3.49. The normalized spacial score (nSPS) is 20.9. The number of aliphatic hydroxyl groups is 1. The van der Waals surface area contributed by atoms with Gasteiger partial charge in [0.15, 0.2) is 0 Å². The van der Waals surface area contributed by atoms with Crippen LogP contribution in [0.4, 0.5) is 0 Å². The van der Waals surface area contributed by atoms with Crippen LogP contribution in [0.25, 0.3) is 0 Å². The Balaban J connectivity index is 2.53. The van der Waals surface area contributed by atoms with Crippen LogP contribution in [0.5, 0.6) is 0 Å². The summed E-state index contributed by atoms with van der Waals surface area (Å²) < 4.78 is 5.37. The largest absolute Gasteiger partial charge is 0.389 e. The average molecular weight is 226 g/mol. The van der Waals surface area contributed by atoms with E-state index in [4.69, 9.17) is 4.74 Å². The smallest absolute Gasteiger partial charge is 0.0777 e. The van der Waals surface area contributed by atoms with E-state index >= 15 is 0 Å². The molecule has 1 aliphatic carbocycles. The number of allylic oxidation sites excluding steroid dienone is 1. The van der Waals surface area contributed by atoms with Crippen molar-refractivity contribution in [2.75, 3.05) is 7.11 Å². The molecule has 0 heterocycles. The topological polar surface area (TPSA) is 29.5 Å². The third-order valence-corrected chi connectivity index (χ3v) is 3.49. The summed E-state index contributed by atoms with van der Waals surface area (Å²) in [5, 5.41) is 10.2. The summed E-state index contributed by atoms with van der Waals surface area (Å²) in [6.45, 7) is 4.05. The molecule has 0 aromatic carbocycles. The van der Waals surface area contributed by atoms with Gasteiger partial charge in [0.1, 0.15) is 0 Å².